The van der Waals surface area contributed by atoms with E-state index in [4.69, 9.17) is 19.6 Å². The summed E-state index contributed by atoms with van der Waals surface area (Å²) in [6.07, 6.45) is 4.12. The standard InChI is InChI=1S/C18H20N2O5/c19-11-9-15-7-5-14(6-8-15)4-3-13-23-20-12-2-1-10-18(20)24-16(21)17(22)25-18/h5-8H,1-4,9-10,12-13H2. The summed E-state index contributed by atoms with van der Waals surface area (Å²) >= 11 is 0. The van der Waals surface area contributed by atoms with Crippen LogP contribution in [0.5, 0.6) is 0 Å². The van der Waals surface area contributed by atoms with Crippen LogP contribution in [0.2, 0.25) is 0 Å². The Labute approximate surface area is 146 Å². The van der Waals surface area contributed by atoms with Crippen LogP contribution in [0.3, 0.4) is 0 Å². The van der Waals surface area contributed by atoms with Crippen molar-refractivity contribution in [3.63, 3.8) is 0 Å². The third kappa shape index (κ3) is 3.98. The van der Waals surface area contributed by atoms with E-state index < -0.39 is 17.8 Å². The number of hydrogen-bond donors (Lipinski definition) is 0. The molecule has 0 aromatic heterocycles. The van der Waals surface area contributed by atoms with Gasteiger partial charge in [-0.15, -0.1) is 5.06 Å². The lowest BCUT2D eigenvalue weighted by atomic mass is 10.1. The van der Waals surface area contributed by atoms with Crippen molar-refractivity contribution >= 4 is 11.9 Å². The third-order valence-electron chi connectivity index (χ3n) is 4.32. The second-order valence-corrected chi connectivity index (χ2v) is 6.14. The predicted molar refractivity (Wildman–Crippen MR) is 85.5 cm³/mol. The highest BCUT2D eigenvalue weighted by Crippen LogP contribution is 2.35. The molecule has 0 aliphatic carbocycles. The Balaban J connectivity index is 1.48. The highest BCUT2D eigenvalue weighted by atomic mass is 16.9. The smallest absolute Gasteiger partial charge is 0.398 e. The van der Waals surface area contributed by atoms with Crippen molar-refractivity contribution in [2.75, 3.05) is 13.2 Å². The summed E-state index contributed by atoms with van der Waals surface area (Å²) in [5, 5.41) is 10.2. The van der Waals surface area contributed by atoms with Gasteiger partial charge in [-0.2, -0.15) is 5.26 Å². The number of aryl methyl sites for hydroxylation is 1. The second kappa shape index (κ2) is 7.64. The lowest BCUT2D eigenvalue weighted by Gasteiger charge is -2.38. The maximum absolute atomic E-state index is 11.4. The molecule has 7 nitrogen and oxygen atoms in total. The van der Waals surface area contributed by atoms with E-state index in [2.05, 4.69) is 6.07 Å². The number of ether oxygens (including phenoxy) is 2. The van der Waals surface area contributed by atoms with Crippen LogP contribution in [0.25, 0.3) is 0 Å². The average Bonchev–Trinajstić information content (AvgIpc) is 2.89. The molecule has 0 amide bonds. The molecule has 1 spiro atoms. The first-order chi connectivity index (χ1) is 12.1. The van der Waals surface area contributed by atoms with Crippen molar-refractivity contribution in [1.82, 2.24) is 5.06 Å². The van der Waals surface area contributed by atoms with Gasteiger partial charge in [0.25, 0.3) is 0 Å². The molecule has 0 radical (unpaired) electrons. The normalized spacial score (nSPS) is 19.5. The molecular formula is C18H20N2O5. The van der Waals surface area contributed by atoms with Gasteiger partial charge in [-0.1, -0.05) is 24.3 Å². The Bertz CT molecular complexity index is 664. The fourth-order valence-electron chi connectivity index (χ4n) is 3.03. The van der Waals surface area contributed by atoms with Crippen LogP contribution < -0.4 is 0 Å². The number of piperidine rings is 1. The second-order valence-electron chi connectivity index (χ2n) is 6.14. The zero-order valence-electron chi connectivity index (χ0n) is 13.9. The third-order valence-corrected chi connectivity index (χ3v) is 4.32. The van der Waals surface area contributed by atoms with Gasteiger partial charge in [0, 0.05) is 13.0 Å². The first kappa shape index (κ1) is 17.4. The van der Waals surface area contributed by atoms with E-state index in [9.17, 15) is 9.59 Å². The zero-order chi connectivity index (χ0) is 17.7. The number of carbonyl (C=O) groups is 2. The predicted octanol–water partition coefficient (Wildman–Crippen LogP) is 1.86. The van der Waals surface area contributed by atoms with Crippen LogP contribution in [0.15, 0.2) is 24.3 Å². The van der Waals surface area contributed by atoms with Crippen molar-refractivity contribution in [3.8, 4) is 6.07 Å². The van der Waals surface area contributed by atoms with Gasteiger partial charge < -0.3 is 9.47 Å². The van der Waals surface area contributed by atoms with Gasteiger partial charge in [0.2, 0.25) is 0 Å². The number of hydrogen-bond acceptors (Lipinski definition) is 7. The van der Waals surface area contributed by atoms with Crippen LogP contribution in [-0.2, 0) is 36.7 Å². The number of rotatable bonds is 6. The molecule has 0 bridgehead atoms. The quantitative estimate of drug-likeness (QED) is 0.442. The largest absolute Gasteiger partial charge is 0.421 e. The minimum absolute atomic E-state index is 0.415. The van der Waals surface area contributed by atoms with Gasteiger partial charge in [-0.3, -0.25) is 4.84 Å². The SMILES string of the molecule is N#CCc1ccc(CCCON2CCCCC23OC(=O)C(=O)O3)cc1. The Morgan fingerprint density at radius 3 is 2.48 bits per heavy atom. The van der Waals surface area contributed by atoms with Gasteiger partial charge in [-0.25, -0.2) is 9.59 Å². The molecule has 132 valence electrons. The fraction of sp³-hybridized carbons (Fsp3) is 0.500. The van der Waals surface area contributed by atoms with Crippen LogP contribution in [0, 0.1) is 11.3 Å². The van der Waals surface area contributed by atoms with Gasteiger partial charge >= 0.3 is 17.8 Å². The maximum Gasteiger partial charge on any atom is 0.421 e. The summed E-state index contributed by atoms with van der Waals surface area (Å²) in [5.74, 6) is -3.31. The highest BCUT2D eigenvalue weighted by molar-refractivity contribution is 6.31. The minimum atomic E-state index is -1.38. The van der Waals surface area contributed by atoms with Crippen LogP contribution in [-0.4, -0.2) is 36.1 Å². The highest BCUT2D eigenvalue weighted by Gasteiger charge is 2.55. The molecule has 2 aliphatic rings. The Hall–Kier alpha value is -2.43. The van der Waals surface area contributed by atoms with Crippen molar-refractivity contribution in [2.45, 2.75) is 44.4 Å². The topological polar surface area (TPSA) is 88.9 Å². The monoisotopic (exact) mass is 344 g/mol. The molecule has 0 unspecified atom stereocenters. The number of hydroxylamine groups is 2. The molecule has 0 atom stereocenters. The Kier molecular flexibility index (Phi) is 5.31. The zero-order valence-corrected chi connectivity index (χ0v) is 13.9. The summed E-state index contributed by atoms with van der Waals surface area (Å²) in [7, 11) is 0. The first-order valence-electron chi connectivity index (χ1n) is 8.45. The number of carbonyl (C=O) groups excluding carboxylic acids is 2. The molecule has 1 aromatic rings. The van der Waals surface area contributed by atoms with Gasteiger partial charge in [0.05, 0.1) is 19.1 Å². The summed E-state index contributed by atoms with van der Waals surface area (Å²) in [6, 6.07) is 10.1. The number of benzene rings is 1. The first-order valence-corrected chi connectivity index (χ1v) is 8.45. The lowest BCUT2D eigenvalue weighted by molar-refractivity contribution is -0.373. The summed E-state index contributed by atoms with van der Waals surface area (Å²) in [4.78, 5) is 28.5. The van der Waals surface area contributed by atoms with Crippen molar-refractivity contribution < 1.29 is 23.9 Å². The van der Waals surface area contributed by atoms with E-state index in [1.807, 2.05) is 24.3 Å². The van der Waals surface area contributed by atoms with Crippen molar-refractivity contribution in [3.05, 3.63) is 35.4 Å². The van der Waals surface area contributed by atoms with E-state index in [-0.39, 0.29) is 0 Å². The molecule has 7 heteroatoms. The van der Waals surface area contributed by atoms with Gasteiger partial charge in [-0.05, 0) is 36.8 Å². The molecule has 0 saturated carbocycles. The molecule has 3 rings (SSSR count). The molecular weight excluding hydrogens is 324 g/mol. The molecule has 2 fully saturated rings. The average molecular weight is 344 g/mol. The summed E-state index contributed by atoms with van der Waals surface area (Å²) in [6.45, 7) is 0.972. The molecule has 2 saturated heterocycles. The molecule has 25 heavy (non-hydrogen) atoms. The molecule has 2 aliphatic heterocycles. The summed E-state index contributed by atoms with van der Waals surface area (Å²) < 4.78 is 10.3. The fourth-order valence-corrected chi connectivity index (χ4v) is 3.03. The van der Waals surface area contributed by atoms with Crippen LogP contribution in [0.4, 0.5) is 0 Å². The number of nitrogens with zero attached hydrogens (tertiary/aromatic N) is 2. The number of nitriles is 1. The van der Waals surface area contributed by atoms with E-state index in [0.29, 0.717) is 26.0 Å². The Morgan fingerprint density at radius 2 is 1.80 bits per heavy atom. The van der Waals surface area contributed by atoms with E-state index >= 15 is 0 Å². The van der Waals surface area contributed by atoms with E-state index in [1.165, 1.54) is 5.06 Å². The maximum atomic E-state index is 11.4. The van der Waals surface area contributed by atoms with E-state index in [0.717, 1.165) is 36.8 Å². The lowest BCUT2D eigenvalue weighted by Crippen LogP contribution is -2.53. The van der Waals surface area contributed by atoms with Gasteiger partial charge in [0.15, 0.2) is 0 Å². The number of esters is 2. The van der Waals surface area contributed by atoms with Gasteiger partial charge in [0.1, 0.15) is 0 Å². The molecule has 0 N–H and O–H groups in total. The van der Waals surface area contributed by atoms with Crippen molar-refractivity contribution in [2.24, 2.45) is 0 Å². The van der Waals surface area contributed by atoms with E-state index in [1.54, 1.807) is 0 Å². The van der Waals surface area contributed by atoms with Crippen LogP contribution >= 0.6 is 0 Å². The van der Waals surface area contributed by atoms with Crippen molar-refractivity contribution in [1.29, 1.82) is 5.26 Å². The Morgan fingerprint density at radius 1 is 1.12 bits per heavy atom. The van der Waals surface area contributed by atoms with Crippen LogP contribution in [0.1, 0.15) is 36.8 Å². The summed E-state index contributed by atoms with van der Waals surface area (Å²) in [5.41, 5.74) is 2.17. The molecule has 1 aromatic carbocycles. The minimum Gasteiger partial charge on any atom is -0.398 e. The molecule has 2 heterocycles.